The van der Waals surface area contributed by atoms with Gasteiger partial charge in [0.15, 0.2) is 5.69 Å². The second kappa shape index (κ2) is 5.69. The van der Waals surface area contributed by atoms with Crippen molar-refractivity contribution in [2.24, 2.45) is 5.73 Å². The molecule has 0 aliphatic heterocycles. The molecule has 7 nitrogen and oxygen atoms in total. The number of aromatic nitrogens is 4. The van der Waals surface area contributed by atoms with Crippen molar-refractivity contribution < 1.29 is 4.79 Å². The molecule has 0 radical (unpaired) electrons. The summed E-state index contributed by atoms with van der Waals surface area (Å²) in [6, 6.07) is 0. The smallest absolute Gasteiger partial charge is 0.273 e. The molecule has 2 rings (SSSR count). The molecule has 2 heterocycles. The van der Waals surface area contributed by atoms with Crippen LogP contribution >= 0.6 is 11.3 Å². The minimum absolute atomic E-state index is 0.258. The summed E-state index contributed by atoms with van der Waals surface area (Å²) in [4.78, 5) is 17.0. The first kappa shape index (κ1) is 12.7. The van der Waals surface area contributed by atoms with Crippen LogP contribution in [0.25, 0.3) is 0 Å². The van der Waals surface area contributed by atoms with Gasteiger partial charge in [0.05, 0.1) is 19.3 Å². The first-order valence-electron chi connectivity index (χ1n) is 5.48. The van der Waals surface area contributed by atoms with E-state index in [1.807, 2.05) is 6.92 Å². The third-order valence-corrected chi connectivity index (χ3v) is 3.11. The number of nitrogens with zero attached hydrogens (tertiary/aromatic N) is 4. The topological polar surface area (TPSA) is 98.7 Å². The quantitative estimate of drug-likeness (QED) is 0.789. The third-order valence-electron chi connectivity index (χ3n) is 2.20. The predicted molar refractivity (Wildman–Crippen MR) is 67.1 cm³/mol. The van der Waals surface area contributed by atoms with Gasteiger partial charge >= 0.3 is 0 Å². The largest absolute Gasteiger partial charge is 0.344 e. The summed E-state index contributed by atoms with van der Waals surface area (Å²) in [5.74, 6) is -0.258. The van der Waals surface area contributed by atoms with E-state index in [1.54, 1.807) is 28.4 Å². The molecule has 0 unspecified atom stereocenters. The Labute approximate surface area is 108 Å². The van der Waals surface area contributed by atoms with Crippen molar-refractivity contribution in [1.82, 2.24) is 25.3 Å². The molecule has 0 aromatic carbocycles. The van der Waals surface area contributed by atoms with Crippen LogP contribution in [0.3, 0.4) is 0 Å². The van der Waals surface area contributed by atoms with E-state index < -0.39 is 0 Å². The zero-order valence-electron chi connectivity index (χ0n) is 9.96. The van der Waals surface area contributed by atoms with Gasteiger partial charge in [-0.1, -0.05) is 5.21 Å². The number of aryl methyl sites for hydroxylation is 1. The number of carbonyl (C=O) groups excluding carboxylic acids is 1. The van der Waals surface area contributed by atoms with Crippen LogP contribution in [-0.4, -0.2) is 32.4 Å². The zero-order chi connectivity index (χ0) is 13.0. The van der Waals surface area contributed by atoms with Gasteiger partial charge in [-0.05, 0) is 6.92 Å². The molecule has 96 valence electrons. The number of rotatable bonds is 5. The number of carbonyl (C=O) groups is 1. The highest BCUT2D eigenvalue weighted by molar-refractivity contribution is 7.11. The Morgan fingerprint density at radius 2 is 2.44 bits per heavy atom. The number of amides is 1. The lowest BCUT2D eigenvalue weighted by molar-refractivity contribution is 0.0946. The molecule has 0 saturated heterocycles. The first-order valence-corrected chi connectivity index (χ1v) is 6.30. The molecular weight excluding hydrogens is 252 g/mol. The lowest BCUT2D eigenvalue weighted by Crippen LogP contribution is -2.23. The van der Waals surface area contributed by atoms with E-state index in [2.05, 4.69) is 20.6 Å². The van der Waals surface area contributed by atoms with Gasteiger partial charge in [0.2, 0.25) is 0 Å². The molecule has 0 saturated carbocycles. The highest BCUT2D eigenvalue weighted by atomic mass is 32.1. The van der Waals surface area contributed by atoms with Crippen LogP contribution in [0.2, 0.25) is 0 Å². The van der Waals surface area contributed by atoms with Crippen molar-refractivity contribution in [1.29, 1.82) is 0 Å². The van der Waals surface area contributed by atoms with E-state index in [9.17, 15) is 4.79 Å². The minimum Gasteiger partial charge on any atom is -0.344 e. The molecule has 0 bridgehead atoms. The zero-order valence-corrected chi connectivity index (χ0v) is 10.8. The van der Waals surface area contributed by atoms with Gasteiger partial charge in [-0.2, -0.15) is 0 Å². The Kier molecular flexibility index (Phi) is 4.00. The molecule has 0 fully saturated rings. The summed E-state index contributed by atoms with van der Waals surface area (Å²) < 4.78 is 1.54. The molecule has 18 heavy (non-hydrogen) atoms. The Morgan fingerprint density at radius 1 is 1.61 bits per heavy atom. The predicted octanol–water partition coefficient (Wildman–Crippen LogP) is -0.0683. The second-order valence-electron chi connectivity index (χ2n) is 3.70. The van der Waals surface area contributed by atoms with Crippen LogP contribution in [0.4, 0.5) is 0 Å². The highest BCUT2D eigenvalue weighted by Gasteiger charge is 2.10. The maximum absolute atomic E-state index is 11.8. The van der Waals surface area contributed by atoms with Gasteiger partial charge in [0.25, 0.3) is 5.91 Å². The average molecular weight is 266 g/mol. The third kappa shape index (κ3) is 3.11. The monoisotopic (exact) mass is 266 g/mol. The van der Waals surface area contributed by atoms with Crippen molar-refractivity contribution >= 4 is 17.2 Å². The fourth-order valence-corrected chi connectivity index (χ4v) is 2.10. The highest BCUT2D eigenvalue weighted by Crippen LogP contribution is 2.10. The van der Waals surface area contributed by atoms with Crippen LogP contribution in [-0.2, 0) is 13.1 Å². The molecule has 0 aliphatic rings. The molecule has 0 atom stereocenters. The molecule has 2 aromatic rings. The molecule has 0 spiro atoms. The Balaban J connectivity index is 1.90. The minimum atomic E-state index is -0.258. The van der Waals surface area contributed by atoms with Crippen LogP contribution < -0.4 is 11.1 Å². The lowest BCUT2D eigenvalue weighted by Gasteiger charge is -1.98. The second-order valence-corrected chi connectivity index (χ2v) is 5.02. The maximum Gasteiger partial charge on any atom is 0.273 e. The summed E-state index contributed by atoms with van der Waals surface area (Å²) in [6.07, 6.45) is 3.36. The number of nitrogens with one attached hydrogen (secondary N) is 1. The van der Waals surface area contributed by atoms with E-state index in [4.69, 9.17) is 5.73 Å². The summed E-state index contributed by atoms with van der Waals surface area (Å²) in [6.45, 7) is 3.39. The standard InChI is InChI=1S/C10H14N6OS/c1-7-4-12-9(18-7)5-13-10(17)8-6-16(3-2-11)15-14-8/h4,6H,2-3,5,11H2,1H3,(H,13,17). The van der Waals surface area contributed by atoms with Crippen molar-refractivity contribution in [3.63, 3.8) is 0 Å². The van der Waals surface area contributed by atoms with Gasteiger partial charge in [-0.15, -0.1) is 16.4 Å². The average Bonchev–Trinajstić information content (AvgIpc) is 2.96. The first-order chi connectivity index (χ1) is 8.69. The van der Waals surface area contributed by atoms with Crippen molar-refractivity contribution in [2.75, 3.05) is 6.54 Å². The van der Waals surface area contributed by atoms with Gasteiger partial charge in [-0.3, -0.25) is 9.48 Å². The molecule has 1 amide bonds. The van der Waals surface area contributed by atoms with Gasteiger partial charge < -0.3 is 11.1 Å². The van der Waals surface area contributed by atoms with Gasteiger partial charge in [-0.25, -0.2) is 4.98 Å². The van der Waals surface area contributed by atoms with E-state index >= 15 is 0 Å². The molecule has 2 aromatic heterocycles. The SMILES string of the molecule is Cc1cnc(CNC(=O)c2cn(CCN)nn2)s1. The van der Waals surface area contributed by atoms with Crippen molar-refractivity contribution in [3.8, 4) is 0 Å². The number of thiazole rings is 1. The van der Waals surface area contributed by atoms with E-state index in [0.29, 0.717) is 19.6 Å². The van der Waals surface area contributed by atoms with Gasteiger partial charge in [0, 0.05) is 17.6 Å². The van der Waals surface area contributed by atoms with Crippen molar-refractivity contribution in [3.05, 3.63) is 28.0 Å². The fourth-order valence-electron chi connectivity index (χ4n) is 1.37. The fraction of sp³-hybridized carbons (Fsp3) is 0.400. The Morgan fingerprint density at radius 3 is 3.11 bits per heavy atom. The number of hydrogen-bond acceptors (Lipinski definition) is 6. The molecule has 8 heteroatoms. The summed E-state index contributed by atoms with van der Waals surface area (Å²) in [5.41, 5.74) is 5.68. The summed E-state index contributed by atoms with van der Waals surface area (Å²) in [5, 5.41) is 11.2. The van der Waals surface area contributed by atoms with Crippen LogP contribution in [0.5, 0.6) is 0 Å². The maximum atomic E-state index is 11.8. The molecule has 3 N–H and O–H groups in total. The Bertz CT molecular complexity index is 534. The van der Waals surface area contributed by atoms with Crippen LogP contribution in [0, 0.1) is 6.92 Å². The number of hydrogen-bond donors (Lipinski definition) is 2. The molecule has 0 aliphatic carbocycles. The normalized spacial score (nSPS) is 10.6. The summed E-state index contributed by atoms with van der Waals surface area (Å²) >= 11 is 1.55. The van der Waals surface area contributed by atoms with E-state index in [0.717, 1.165) is 9.88 Å². The lowest BCUT2D eigenvalue weighted by atomic mass is 10.4. The van der Waals surface area contributed by atoms with Crippen LogP contribution in [0.1, 0.15) is 20.4 Å². The van der Waals surface area contributed by atoms with Crippen LogP contribution in [0.15, 0.2) is 12.4 Å². The van der Waals surface area contributed by atoms with E-state index in [1.165, 1.54) is 0 Å². The Hall–Kier alpha value is -1.80. The number of nitrogens with two attached hydrogens (primary N) is 1. The van der Waals surface area contributed by atoms with E-state index in [-0.39, 0.29) is 11.6 Å². The summed E-state index contributed by atoms with van der Waals surface area (Å²) in [7, 11) is 0. The van der Waals surface area contributed by atoms with Gasteiger partial charge in [0.1, 0.15) is 5.01 Å². The molecular formula is C10H14N6OS. The van der Waals surface area contributed by atoms with Crippen molar-refractivity contribution in [2.45, 2.75) is 20.0 Å².